The summed E-state index contributed by atoms with van der Waals surface area (Å²) in [6.07, 6.45) is 2.45. The maximum atomic E-state index is 5.74. The van der Waals surface area contributed by atoms with E-state index in [0.717, 1.165) is 31.8 Å². The van der Waals surface area contributed by atoms with E-state index in [1.165, 1.54) is 11.1 Å². The summed E-state index contributed by atoms with van der Waals surface area (Å²) in [6.45, 7) is 5.97. The molecule has 0 radical (unpaired) electrons. The molecular weight excluding hydrogens is 196 g/mol. The summed E-state index contributed by atoms with van der Waals surface area (Å²) in [5.74, 6) is 0. The second-order valence-electron chi connectivity index (χ2n) is 2.87. The zero-order valence-corrected chi connectivity index (χ0v) is 8.98. The highest BCUT2D eigenvalue weighted by Gasteiger charge is 1.98. The summed E-state index contributed by atoms with van der Waals surface area (Å²) < 4.78 is 5.00. The highest BCUT2D eigenvalue weighted by atomic mass is 32.1. The van der Waals surface area contributed by atoms with E-state index < -0.39 is 0 Å². The molecular formula is C10H16N2OS. The maximum absolute atomic E-state index is 5.74. The number of hydrogen-bond donors (Lipinski definition) is 2. The van der Waals surface area contributed by atoms with Crippen molar-refractivity contribution in [2.75, 3.05) is 18.9 Å². The molecule has 0 aliphatic carbocycles. The van der Waals surface area contributed by atoms with Crippen molar-refractivity contribution >= 4 is 17.0 Å². The van der Waals surface area contributed by atoms with Crippen molar-refractivity contribution in [3.8, 4) is 0 Å². The Morgan fingerprint density at radius 2 is 2.50 bits per heavy atom. The van der Waals surface area contributed by atoms with E-state index in [1.807, 2.05) is 11.4 Å². The van der Waals surface area contributed by atoms with Crippen molar-refractivity contribution in [1.82, 2.24) is 5.32 Å². The molecule has 3 nitrogen and oxygen atoms in total. The molecule has 78 valence electrons. The van der Waals surface area contributed by atoms with Crippen LogP contribution in [0, 0.1) is 0 Å². The molecule has 0 aromatic carbocycles. The van der Waals surface area contributed by atoms with Gasteiger partial charge in [-0.2, -0.15) is 0 Å². The van der Waals surface area contributed by atoms with Gasteiger partial charge in [-0.15, -0.1) is 11.3 Å². The van der Waals surface area contributed by atoms with E-state index in [9.17, 15) is 0 Å². The fourth-order valence-corrected chi connectivity index (χ4v) is 1.83. The topological polar surface area (TPSA) is 47.3 Å². The molecule has 0 spiro atoms. The van der Waals surface area contributed by atoms with Gasteiger partial charge in [0, 0.05) is 17.1 Å². The van der Waals surface area contributed by atoms with E-state index in [0.29, 0.717) is 0 Å². The van der Waals surface area contributed by atoms with Gasteiger partial charge in [-0.25, -0.2) is 0 Å². The average Bonchev–Trinajstić information content (AvgIpc) is 2.58. The van der Waals surface area contributed by atoms with Crippen molar-refractivity contribution in [2.24, 2.45) is 0 Å². The Labute approximate surface area is 88.6 Å². The molecule has 0 aliphatic rings. The van der Waals surface area contributed by atoms with E-state index in [4.69, 9.17) is 10.5 Å². The molecule has 0 atom stereocenters. The van der Waals surface area contributed by atoms with Crippen LogP contribution in [-0.4, -0.2) is 13.2 Å². The molecule has 0 saturated carbocycles. The number of anilines is 1. The predicted molar refractivity (Wildman–Crippen MR) is 61.2 cm³/mol. The third kappa shape index (κ3) is 3.81. The highest BCUT2D eigenvalue weighted by Crippen LogP contribution is 2.17. The Balaban J connectivity index is 2.04. The van der Waals surface area contributed by atoms with Gasteiger partial charge >= 0.3 is 0 Å². The molecule has 0 amide bonds. The van der Waals surface area contributed by atoms with Crippen LogP contribution in [0.25, 0.3) is 0 Å². The van der Waals surface area contributed by atoms with Gasteiger partial charge < -0.3 is 15.8 Å². The second-order valence-corrected chi connectivity index (χ2v) is 3.87. The Bertz CT molecular complexity index is 273. The molecule has 3 N–H and O–H groups in total. The number of thiophene rings is 1. The van der Waals surface area contributed by atoms with Crippen LogP contribution in [0.5, 0.6) is 0 Å². The summed E-state index contributed by atoms with van der Waals surface area (Å²) in [4.78, 5) is 1.20. The number of hydrogen-bond acceptors (Lipinski definition) is 4. The van der Waals surface area contributed by atoms with Crippen LogP contribution in [0.4, 0.5) is 5.69 Å². The number of nitrogens with two attached hydrogens (primary N) is 1. The fourth-order valence-electron chi connectivity index (χ4n) is 1.06. The largest absolute Gasteiger partial charge is 0.502 e. The van der Waals surface area contributed by atoms with Crippen molar-refractivity contribution < 1.29 is 4.74 Å². The minimum Gasteiger partial charge on any atom is -0.502 e. The van der Waals surface area contributed by atoms with Gasteiger partial charge in [-0.1, -0.05) is 6.58 Å². The van der Waals surface area contributed by atoms with Gasteiger partial charge in [0.25, 0.3) is 0 Å². The normalized spacial score (nSPS) is 10.0. The number of rotatable bonds is 7. The summed E-state index contributed by atoms with van der Waals surface area (Å²) in [5, 5.41) is 5.31. The standard InChI is InChI=1S/C10H16N2OS/c1-2-13-6-3-5-12-8-10-9(11)4-7-14-10/h2,4,7,12H,1,3,5-6,8,11H2. The second kappa shape index (κ2) is 6.45. The van der Waals surface area contributed by atoms with E-state index in [2.05, 4.69) is 11.9 Å². The lowest BCUT2D eigenvalue weighted by Gasteiger charge is -2.03. The summed E-state index contributed by atoms with van der Waals surface area (Å²) in [6, 6.07) is 1.93. The van der Waals surface area contributed by atoms with Crippen molar-refractivity contribution in [3.63, 3.8) is 0 Å². The fraction of sp³-hybridized carbons (Fsp3) is 0.400. The highest BCUT2D eigenvalue weighted by molar-refractivity contribution is 7.10. The van der Waals surface area contributed by atoms with Crippen molar-refractivity contribution in [1.29, 1.82) is 0 Å². The van der Waals surface area contributed by atoms with E-state index in [1.54, 1.807) is 11.3 Å². The van der Waals surface area contributed by atoms with Gasteiger partial charge in [0.15, 0.2) is 0 Å². The van der Waals surface area contributed by atoms with E-state index in [-0.39, 0.29) is 0 Å². The molecule has 1 aromatic rings. The first-order valence-corrected chi connectivity index (χ1v) is 5.47. The van der Waals surface area contributed by atoms with Crippen molar-refractivity contribution in [2.45, 2.75) is 13.0 Å². The van der Waals surface area contributed by atoms with Gasteiger partial charge in [0.1, 0.15) is 0 Å². The molecule has 14 heavy (non-hydrogen) atoms. The third-order valence-electron chi connectivity index (χ3n) is 1.80. The Hall–Kier alpha value is -1.00. The quantitative estimate of drug-likeness (QED) is 0.536. The van der Waals surface area contributed by atoms with Crippen LogP contribution in [0.15, 0.2) is 24.3 Å². The molecule has 1 rings (SSSR count). The minimum absolute atomic E-state index is 0.719. The SMILES string of the molecule is C=COCCCNCc1sccc1N. The van der Waals surface area contributed by atoms with Gasteiger partial charge in [0.05, 0.1) is 12.9 Å². The molecule has 0 unspecified atom stereocenters. The van der Waals surface area contributed by atoms with Crippen LogP contribution in [0.3, 0.4) is 0 Å². The van der Waals surface area contributed by atoms with Gasteiger partial charge in [-0.3, -0.25) is 0 Å². The van der Waals surface area contributed by atoms with Gasteiger partial charge in [-0.05, 0) is 24.4 Å². The molecule has 0 saturated heterocycles. The first-order chi connectivity index (χ1) is 6.84. The van der Waals surface area contributed by atoms with Crippen molar-refractivity contribution in [3.05, 3.63) is 29.2 Å². The molecule has 4 heteroatoms. The molecule has 1 aromatic heterocycles. The number of ether oxygens (including phenoxy) is 1. The summed E-state index contributed by atoms with van der Waals surface area (Å²) >= 11 is 1.68. The van der Waals surface area contributed by atoms with Crippen LogP contribution in [-0.2, 0) is 11.3 Å². The monoisotopic (exact) mass is 212 g/mol. The average molecular weight is 212 g/mol. The molecule has 0 fully saturated rings. The minimum atomic E-state index is 0.719. The maximum Gasteiger partial charge on any atom is 0.0885 e. The lowest BCUT2D eigenvalue weighted by molar-refractivity contribution is 0.244. The lowest BCUT2D eigenvalue weighted by Crippen LogP contribution is -2.15. The first-order valence-electron chi connectivity index (χ1n) is 4.59. The molecule has 0 aliphatic heterocycles. The lowest BCUT2D eigenvalue weighted by atomic mass is 10.4. The Morgan fingerprint density at radius 3 is 3.14 bits per heavy atom. The molecule has 0 bridgehead atoms. The van der Waals surface area contributed by atoms with Crippen LogP contribution < -0.4 is 11.1 Å². The number of nitrogen functional groups attached to an aromatic ring is 1. The van der Waals surface area contributed by atoms with Crippen LogP contribution in [0.2, 0.25) is 0 Å². The Kier molecular flexibility index (Phi) is 5.11. The van der Waals surface area contributed by atoms with E-state index >= 15 is 0 Å². The Morgan fingerprint density at radius 1 is 1.64 bits per heavy atom. The third-order valence-corrected chi connectivity index (χ3v) is 2.74. The van der Waals surface area contributed by atoms with Crippen LogP contribution >= 0.6 is 11.3 Å². The van der Waals surface area contributed by atoms with Crippen LogP contribution in [0.1, 0.15) is 11.3 Å². The zero-order valence-electron chi connectivity index (χ0n) is 8.16. The first kappa shape index (κ1) is 11.1. The predicted octanol–water partition coefficient (Wildman–Crippen LogP) is 1.97. The number of nitrogens with one attached hydrogen (secondary N) is 1. The van der Waals surface area contributed by atoms with Gasteiger partial charge in [0.2, 0.25) is 0 Å². The molecule has 1 heterocycles. The smallest absolute Gasteiger partial charge is 0.0885 e. The summed E-state index contributed by atoms with van der Waals surface area (Å²) in [5.41, 5.74) is 6.61. The zero-order chi connectivity index (χ0) is 10.2. The summed E-state index contributed by atoms with van der Waals surface area (Å²) in [7, 11) is 0.